The van der Waals surface area contributed by atoms with Gasteiger partial charge in [-0.2, -0.15) is 0 Å². The van der Waals surface area contributed by atoms with Crippen molar-refractivity contribution < 1.29 is 0 Å². The smallest absolute Gasteiger partial charge is 0.147 e. The van der Waals surface area contributed by atoms with Crippen LogP contribution in [-0.4, -0.2) is 23.0 Å². The van der Waals surface area contributed by atoms with E-state index in [1.165, 1.54) is 25.2 Å². The summed E-state index contributed by atoms with van der Waals surface area (Å²) in [6.45, 7) is 3.48. The molecule has 0 unspecified atom stereocenters. The van der Waals surface area contributed by atoms with Gasteiger partial charge in [0.2, 0.25) is 0 Å². The maximum Gasteiger partial charge on any atom is 0.147 e. The minimum atomic E-state index is 0.875. The zero-order chi connectivity index (χ0) is 7.68. The summed E-state index contributed by atoms with van der Waals surface area (Å²) >= 11 is 5.77. The summed E-state index contributed by atoms with van der Waals surface area (Å²) in [6.07, 6.45) is 1.35. The van der Waals surface area contributed by atoms with Gasteiger partial charge in [0.25, 0.3) is 0 Å². The molecular formula is C7H10N2S2. The van der Waals surface area contributed by atoms with Crippen LogP contribution in [0.2, 0.25) is 0 Å². The predicted molar refractivity (Wildman–Crippen MR) is 49.3 cm³/mol. The summed E-state index contributed by atoms with van der Waals surface area (Å²) in [7, 11) is 0. The monoisotopic (exact) mass is 186 g/mol. The molecule has 0 bridgehead atoms. The molecule has 1 aliphatic rings. The van der Waals surface area contributed by atoms with Crippen molar-refractivity contribution in [3.63, 3.8) is 0 Å². The fraction of sp³-hybridized carbons (Fsp3) is 0.571. The lowest BCUT2D eigenvalue weighted by Gasteiger charge is -2.29. The molecule has 1 aliphatic heterocycles. The second-order valence-electron chi connectivity index (χ2n) is 2.75. The maximum absolute atomic E-state index is 4.27. The van der Waals surface area contributed by atoms with Gasteiger partial charge in [-0.05, 0) is 19.5 Å². The molecule has 1 aromatic heterocycles. The molecule has 0 radical (unpaired) electrons. The first-order valence-electron chi connectivity index (χ1n) is 3.70. The van der Waals surface area contributed by atoms with Gasteiger partial charge in [0.05, 0.1) is 5.69 Å². The van der Waals surface area contributed by atoms with Crippen LogP contribution in [0.1, 0.15) is 12.1 Å². The van der Waals surface area contributed by atoms with Crippen molar-refractivity contribution in [1.29, 1.82) is 0 Å². The highest BCUT2D eigenvalue weighted by Gasteiger charge is 2.14. The Bertz CT molecular complexity index is 242. The van der Waals surface area contributed by atoms with Crippen LogP contribution in [0.4, 0.5) is 0 Å². The van der Waals surface area contributed by atoms with Crippen molar-refractivity contribution in [3.8, 4) is 0 Å². The van der Waals surface area contributed by atoms with Crippen molar-refractivity contribution in [2.45, 2.75) is 17.3 Å². The summed E-state index contributed by atoms with van der Waals surface area (Å²) in [5.74, 6) is 0. The number of aromatic nitrogens is 1. The standard InChI is InChI=1S/C7H10N2S2/c10-7-8-6(5-11-7)4-9-2-1-3-9/h5H,1-4H2,(H,8,10). The van der Waals surface area contributed by atoms with Gasteiger partial charge in [0.1, 0.15) is 4.34 Å². The molecule has 2 rings (SSSR count). The third kappa shape index (κ3) is 1.75. The molecule has 11 heavy (non-hydrogen) atoms. The average molecular weight is 186 g/mol. The summed E-state index contributed by atoms with van der Waals surface area (Å²) < 4.78 is 0.875. The molecule has 0 aromatic carbocycles. The summed E-state index contributed by atoms with van der Waals surface area (Å²) in [5, 5.41) is 2.08. The van der Waals surface area contributed by atoms with E-state index in [0.717, 1.165) is 10.9 Å². The van der Waals surface area contributed by atoms with Crippen molar-refractivity contribution >= 4 is 24.0 Å². The summed E-state index contributed by atoms with van der Waals surface area (Å²) in [6, 6.07) is 0. The van der Waals surface area contributed by atoms with Gasteiger partial charge in [-0.3, -0.25) is 4.90 Å². The minimum absolute atomic E-state index is 0.875. The van der Waals surface area contributed by atoms with Crippen LogP contribution in [0.3, 0.4) is 0 Å². The Morgan fingerprint density at radius 1 is 1.64 bits per heavy atom. The Hall–Kier alpha value is -0.0600. The highest BCUT2D eigenvalue weighted by molar-refractivity contribution is 7.82. The Labute approximate surface area is 75.7 Å². The first-order valence-corrected chi connectivity index (χ1v) is 5.03. The molecule has 1 saturated heterocycles. The lowest BCUT2D eigenvalue weighted by atomic mass is 10.2. The largest absolute Gasteiger partial charge is 0.297 e. The molecule has 0 amide bonds. The van der Waals surface area contributed by atoms with Gasteiger partial charge < -0.3 is 0 Å². The zero-order valence-corrected chi connectivity index (χ0v) is 7.87. The van der Waals surface area contributed by atoms with E-state index in [1.807, 2.05) is 0 Å². The van der Waals surface area contributed by atoms with Crippen molar-refractivity contribution in [2.24, 2.45) is 0 Å². The molecule has 4 heteroatoms. The van der Waals surface area contributed by atoms with Crippen LogP contribution in [0.15, 0.2) is 9.72 Å². The van der Waals surface area contributed by atoms with E-state index >= 15 is 0 Å². The van der Waals surface area contributed by atoms with Gasteiger partial charge >= 0.3 is 0 Å². The molecule has 1 fully saturated rings. The number of thiol groups is 1. The lowest BCUT2D eigenvalue weighted by Crippen LogP contribution is -2.36. The predicted octanol–water partition coefficient (Wildman–Crippen LogP) is 1.64. The van der Waals surface area contributed by atoms with Crippen molar-refractivity contribution in [1.82, 2.24) is 9.88 Å². The topological polar surface area (TPSA) is 16.1 Å². The third-order valence-electron chi connectivity index (χ3n) is 1.87. The summed E-state index contributed by atoms with van der Waals surface area (Å²) in [4.78, 5) is 6.66. The van der Waals surface area contributed by atoms with Crippen LogP contribution >= 0.6 is 24.0 Å². The number of thiazole rings is 1. The van der Waals surface area contributed by atoms with Gasteiger partial charge in [0.15, 0.2) is 0 Å². The molecule has 0 saturated carbocycles. The van der Waals surface area contributed by atoms with E-state index in [0.29, 0.717) is 0 Å². The lowest BCUT2D eigenvalue weighted by molar-refractivity contribution is 0.170. The van der Waals surface area contributed by atoms with Gasteiger partial charge in [-0.15, -0.1) is 24.0 Å². The molecule has 0 spiro atoms. The number of hydrogen-bond donors (Lipinski definition) is 1. The molecule has 0 atom stereocenters. The van der Waals surface area contributed by atoms with E-state index < -0.39 is 0 Å². The number of nitrogens with zero attached hydrogens (tertiary/aromatic N) is 2. The molecule has 60 valence electrons. The van der Waals surface area contributed by atoms with Crippen LogP contribution in [0.25, 0.3) is 0 Å². The molecule has 1 aromatic rings. The molecule has 2 heterocycles. The fourth-order valence-electron chi connectivity index (χ4n) is 1.14. The van der Waals surface area contributed by atoms with E-state index in [2.05, 4.69) is 27.9 Å². The van der Waals surface area contributed by atoms with E-state index in [9.17, 15) is 0 Å². The van der Waals surface area contributed by atoms with Crippen LogP contribution in [0.5, 0.6) is 0 Å². The molecule has 0 aliphatic carbocycles. The average Bonchev–Trinajstić information content (AvgIpc) is 2.27. The minimum Gasteiger partial charge on any atom is -0.297 e. The SMILES string of the molecule is Sc1nc(CN2CCC2)cs1. The van der Waals surface area contributed by atoms with Crippen molar-refractivity contribution in [2.75, 3.05) is 13.1 Å². The maximum atomic E-state index is 4.27. The highest BCUT2D eigenvalue weighted by atomic mass is 32.2. The second kappa shape index (κ2) is 3.13. The highest BCUT2D eigenvalue weighted by Crippen LogP contribution is 2.16. The normalized spacial score (nSPS) is 18.3. The first kappa shape index (κ1) is 7.58. The number of rotatable bonds is 2. The van der Waals surface area contributed by atoms with E-state index in [4.69, 9.17) is 0 Å². The molecule has 0 N–H and O–H groups in total. The van der Waals surface area contributed by atoms with E-state index in [1.54, 1.807) is 11.3 Å². The van der Waals surface area contributed by atoms with Crippen LogP contribution in [-0.2, 0) is 6.54 Å². The Morgan fingerprint density at radius 3 is 2.91 bits per heavy atom. The van der Waals surface area contributed by atoms with E-state index in [-0.39, 0.29) is 0 Å². The van der Waals surface area contributed by atoms with Crippen LogP contribution < -0.4 is 0 Å². The number of hydrogen-bond acceptors (Lipinski definition) is 4. The first-order chi connectivity index (χ1) is 5.34. The van der Waals surface area contributed by atoms with Gasteiger partial charge in [0, 0.05) is 11.9 Å². The quantitative estimate of drug-likeness (QED) is 0.707. The number of likely N-dealkylation sites (tertiary alicyclic amines) is 1. The Kier molecular flexibility index (Phi) is 2.16. The second-order valence-corrected chi connectivity index (χ2v) is 4.34. The zero-order valence-electron chi connectivity index (χ0n) is 6.16. The van der Waals surface area contributed by atoms with Crippen molar-refractivity contribution in [3.05, 3.63) is 11.1 Å². The summed E-state index contributed by atoms with van der Waals surface area (Å²) in [5.41, 5.74) is 1.17. The molecular weight excluding hydrogens is 176 g/mol. The Balaban J connectivity index is 1.95. The van der Waals surface area contributed by atoms with Gasteiger partial charge in [-0.1, -0.05) is 0 Å². The fourth-order valence-corrected chi connectivity index (χ4v) is 1.96. The van der Waals surface area contributed by atoms with Gasteiger partial charge in [-0.25, -0.2) is 4.98 Å². The Morgan fingerprint density at radius 2 is 2.45 bits per heavy atom. The van der Waals surface area contributed by atoms with Crippen LogP contribution in [0, 0.1) is 0 Å². The molecule has 2 nitrogen and oxygen atoms in total. The third-order valence-corrected chi connectivity index (χ3v) is 2.98.